The molecule has 5 rings (SSSR count). The lowest BCUT2D eigenvalue weighted by Crippen LogP contribution is -2.44. The van der Waals surface area contributed by atoms with Crippen LogP contribution in [-0.4, -0.2) is 45.7 Å². The minimum Gasteiger partial charge on any atom is -0.361 e. The average molecular weight is 500 g/mol. The number of H-pyrrole nitrogens is 1. The fourth-order valence-electron chi connectivity index (χ4n) is 4.62. The van der Waals surface area contributed by atoms with E-state index >= 15 is 0 Å². The van der Waals surface area contributed by atoms with E-state index in [1.54, 1.807) is 4.90 Å². The Morgan fingerprint density at radius 1 is 0.861 bits per heavy atom. The number of aromatic nitrogens is 1. The van der Waals surface area contributed by atoms with Gasteiger partial charge in [-0.3, -0.25) is 9.59 Å². The highest BCUT2D eigenvalue weighted by molar-refractivity contribution is 6.30. The molecular weight excluding hydrogens is 470 g/mol. The monoisotopic (exact) mass is 499 g/mol. The van der Waals surface area contributed by atoms with Crippen LogP contribution in [0.3, 0.4) is 0 Å². The lowest BCUT2D eigenvalue weighted by molar-refractivity contribution is -0.141. The summed E-state index contributed by atoms with van der Waals surface area (Å²) in [5, 5.41) is 1.84. The molecule has 0 atom stereocenters. The SMILES string of the molecule is O=C(CN(C(=O)Cc1ccccc1)C1CC1)N(CCc1c[nH]c2ccccc12)Cc1ccc(Cl)cc1. The predicted octanol–water partition coefficient (Wildman–Crippen LogP) is 5.63. The maximum absolute atomic E-state index is 13.6. The highest BCUT2D eigenvalue weighted by atomic mass is 35.5. The number of halogens is 1. The van der Waals surface area contributed by atoms with Gasteiger partial charge in [-0.25, -0.2) is 0 Å². The zero-order valence-electron chi connectivity index (χ0n) is 20.2. The van der Waals surface area contributed by atoms with Gasteiger partial charge in [-0.15, -0.1) is 0 Å². The maximum Gasteiger partial charge on any atom is 0.242 e. The van der Waals surface area contributed by atoms with Gasteiger partial charge in [-0.05, 0) is 54.2 Å². The maximum atomic E-state index is 13.6. The lowest BCUT2D eigenvalue weighted by atomic mass is 10.1. The molecule has 1 heterocycles. The van der Waals surface area contributed by atoms with Crippen LogP contribution in [0, 0.1) is 0 Å². The molecule has 1 saturated carbocycles. The fourth-order valence-corrected chi connectivity index (χ4v) is 4.75. The molecule has 2 amide bonds. The van der Waals surface area contributed by atoms with Crippen molar-refractivity contribution < 1.29 is 9.59 Å². The van der Waals surface area contributed by atoms with Gasteiger partial charge in [0, 0.05) is 41.3 Å². The number of fused-ring (bicyclic) bond motifs is 1. The predicted molar refractivity (Wildman–Crippen MR) is 144 cm³/mol. The summed E-state index contributed by atoms with van der Waals surface area (Å²) in [6, 6.07) is 25.7. The van der Waals surface area contributed by atoms with Crippen LogP contribution in [0.25, 0.3) is 10.9 Å². The van der Waals surface area contributed by atoms with Gasteiger partial charge in [0.15, 0.2) is 0 Å². The van der Waals surface area contributed by atoms with E-state index in [1.807, 2.05) is 77.8 Å². The summed E-state index contributed by atoms with van der Waals surface area (Å²) in [5.74, 6) is -0.0155. The molecule has 0 saturated heterocycles. The molecular formula is C30H30ClN3O2. The summed E-state index contributed by atoms with van der Waals surface area (Å²) in [7, 11) is 0. The minimum absolute atomic E-state index is 0.0140. The topological polar surface area (TPSA) is 56.4 Å². The second kappa shape index (κ2) is 11.0. The molecule has 0 unspecified atom stereocenters. The number of carbonyl (C=O) groups excluding carboxylic acids is 2. The van der Waals surface area contributed by atoms with E-state index in [0.717, 1.165) is 35.9 Å². The van der Waals surface area contributed by atoms with Crippen LogP contribution in [0.1, 0.15) is 29.5 Å². The number of amides is 2. The third-order valence-electron chi connectivity index (χ3n) is 6.78. The summed E-state index contributed by atoms with van der Waals surface area (Å²) in [6.45, 7) is 1.15. The van der Waals surface area contributed by atoms with Crippen molar-refractivity contribution in [3.63, 3.8) is 0 Å². The summed E-state index contributed by atoms with van der Waals surface area (Å²) >= 11 is 6.08. The number of para-hydroxylation sites is 1. The number of carbonyl (C=O) groups is 2. The van der Waals surface area contributed by atoms with Crippen LogP contribution in [0.4, 0.5) is 0 Å². The number of rotatable bonds is 10. The first-order chi connectivity index (χ1) is 17.6. The van der Waals surface area contributed by atoms with Gasteiger partial charge >= 0.3 is 0 Å². The van der Waals surface area contributed by atoms with E-state index in [0.29, 0.717) is 24.5 Å². The third kappa shape index (κ3) is 5.97. The number of benzene rings is 3. The van der Waals surface area contributed by atoms with Gasteiger partial charge in [0.25, 0.3) is 0 Å². The molecule has 1 aliphatic carbocycles. The molecule has 1 fully saturated rings. The average Bonchev–Trinajstić information content (AvgIpc) is 3.66. The molecule has 1 aromatic heterocycles. The summed E-state index contributed by atoms with van der Waals surface area (Å²) in [6.07, 6.45) is 4.98. The van der Waals surface area contributed by atoms with Crippen LogP contribution >= 0.6 is 11.6 Å². The molecule has 6 heteroatoms. The Hall–Kier alpha value is -3.57. The molecule has 184 valence electrons. The zero-order chi connectivity index (χ0) is 24.9. The van der Waals surface area contributed by atoms with Crippen molar-refractivity contribution in [3.05, 3.63) is 107 Å². The molecule has 36 heavy (non-hydrogen) atoms. The van der Waals surface area contributed by atoms with Crippen molar-refractivity contribution >= 4 is 34.3 Å². The summed E-state index contributed by atoms with van der Waals surface area (Å²) in [4.78, 5) is 33.8. The van der Waals surface area contributed by atoms with Crippen molar-refractivity contribution in [2.45, 2.75) is 38.3 Å². The van der Waals surface area contributed by atoms with E-state index in [2.05, 4.69) is 17.1 Å². The highest BCUT2D eigenvalue weighted by Gasteiger charge is 2.34. The quantitative estimate of drug-likeness (QED) is 0.307. The Morgan fingerprint density at radius 3 is 2.33 bits per heavy atom. The number of aromatic amines is 1. The summed E-state index contributed by atoms with van der Waals surface area (Å²) < 4.78 is 0. The van der Waals surface area contributed by atoms with Crippen LogP contribution in [-0.2, 0) is 29.0 Å². The molecule has 5 nitrogen and oxygen atoms in total. The zero-order valence-corrected chi connectivity index (χ0v) is 21.0. The van der Waals surface area contributed by atoms with Gasteiger partial charge in [0.05, 0.1) is 6.42 Å². The first kappa shape index (κ1) is 24.1. The molecule has 0 aliphatic heterocycles. The molecule has 1 N–H and O–H groups in total. The van der Waals surface area contributed by atoms with E-state index < -0.39 is 0 Å². The van der Waals surface area contributed by atoms with Gasteiger partial charge in [0.1, 0.15) is 6.54 Å². The standard InChI is InChI=1S/C30H30ClN3O2/c31-25-12-10-23(11-13-25)20-33(17-16-24-19-32-28-9-5-4-8-27(24)28)30(36)21-34(26-14-15-26)29(35)18-22-6-2-1-3-7-22/h1-13,19,26,32H,14-18,20-21H2. The van der Waals surface area contributed by atoms with E-state index in [4.69, 9.17) is 11.6 Å². The van der Waals surface area contributed by atoms with Crippen LogP contribution < -0.4 is 0 Å². The van der Waals surface area contributed by atoms with Gasteiger partial charge in [-0.2, -0.15) is 0 Å². The van der Waals surface area contributed by atoms with Crippen molar-refractivity contribution in [3.8, 4) is 0 Å². The molecule has 3 aromatic carbocycles. The Labute approximate surface area is 216 Å². The van der Waals surface area contributed by atoms with Crippen molar-refractivity contribution in [1.29, 1.82) is 0 Å². The molecule has 0 bridgehead atoms. The lowest BCUT2D eigenvalue weighted by Gasteiger charge is -2.28. The third-order valence-corrected chi connectivity index (χ3v) is 7.03. The van der Waals surface area contributed by atoms with Crippen molar-refractivity contribution in [1.82, 2.24) is 14.8 Å². The molecule has 1 aliphatic rings. The number of hydrogen-bond acceptors (Lipinski definition) is 2. The second-order valence-electron chi connectivity index (χ2n) is 9.47. The molecule has 0 radical (unpaired) electrons. The van der Waals surface area contributed by atoms with Crippen molar-refractivity contribution in [2.75, 3.05) is 13.1 Å². The fraction of sp³-hybridized carbons (Fsp3) is 0.267. The Kier molecular flexibility index (Phi) is 7.38. The Bertz CT molecular complexity index is 1330. The van der Waals surface area contributed by atoms with E-state index in [-0.39, 0.29) is 24.4 Å². The Balaban J connectivity index is 1.31. The largest absolute Gasteiger partial charge is 0.361 e. The second-order valence-corrected chi connectivity index (χ2v) is 9.90. The van der Waals surface area contributed by atoms with Gasteiger partial charge in [-0.1, -0.05) is 72.3 Å². The molecule has 0 spiro atoms. The van der Waals surface area contributed by atoms with Gasteiger partial charge < -0.3 is 14.8 Å². The first-order valence-electron chi connectivity index (χ1n) is 12.5. The molecule has 4 aromatic rings. The van der Waals surface area contributed by atoms with Crippen LogP contribution in [0.15, 0.2) is 85.1 Å². The number of nitrogens with zero attached hydrogens (tertiary/aromatic N) is 2. The number of hydrogen-bond donors (Lipinski definition) is 1. The van der Waals surface area contributed by atoms with Crippen LogP contribution in [0.5, 0.6) is 0 Å². The summed E-state index contributed by atoms with van der Waals surface area (Å²) in [5.41, 5.74) is 4.26. The minimum atomic E-state index is -0.0295. The normalized spacial score (nSPS) is 13.0. The Morgan fingerprint density at radius 2 is 1.58 bits per heavy atom. The van der Waals surface area contributed by atoms with E-state index in [1.165, 1.54) is 10.9 Å². The first-order valence-corrected chi connectivity index (χ1v) is 12.9. The number of nitrogens with one attached hydrogen (secondary N) is 1. The highest BCUT2D eigenvalue weighted by Crippen LogP contribution is 2.28. The van der Waals surface area contributed by atoms with E-state index in [9.17, 15) is 9.59 Å². The van der Waals surface area contributed by atoms with Crippen molar-refractivity contribution in [2.24, 2.45) is 0 Å². The van der Waals surface area contributed by atoms with Crippen LogP contribution in [0.2, 0.25) is 5.02 Å². The smallest absolute Gasteiger partial charge is 0.242 e. The van der Waals surface area contributed by atoms with Gasteiger partial charge in [0.2, 0.25) is 11.8 Å².